The lowest BCUT2D eigenvalue weighted by Gasteiger charge is -2.10. The van der Waals surface area contributed by atoms with Gasteiger partial charge in [0.15, 0.2) is 11.5 Å². The lowest BCUT2D eigenvalue weighted by Crippen LogP contribution is -2.25. The van der Waals surface area contributed by atoms with E-state index in [1.807, 2.05) is 48.5 Å². The Morgan fingerprint density at radius 1 is 1.04 bits per heavy atom. The van der Waals surface area contributed by atoms with Crippen LogP contribution < -0.4 is 20.1 Å². The molecule has 0 spiro atoms. The number of ether oxygens (including phenoxy) is 2. The van der Waals surface area contributed by atoms with Crippen molar-refractivity contribution in [2.75, 3.05) is 26.1 Å². The van der Waals surface area contributed by atoms with E-state index in [0.717, 1.165) is 17.7 Å². The van der Waals surface area contributed by atoms with E-state index in [4.69, 9.17) is 9.47 Å². The lowest BCUT2D eigenvalue weighted by molar-refractivity contribution is 0.259. The third kappa shape index (κ3) is 5.84. The van der Waals surface area contributed by atoms with E-state index in [0.29, 0.717) is 23.9 Å². The molecular weight excluding hydrogens is 318 g/mol. The van der Waals surface area contributed by atoms with Crippen molar-refractivity contribution in [2.45, 2.75) is 13.3 Å². The van der Waals surface area contributed by atoms with Crippen molar-refractivity contribution in [3.05, 3.63) is 54.1 Å². The molecule has 2 amide bonds. The Balaban J connectivity index is 1.83. The van der Waals surface area contributed by atoms with Crippen molar-refractivity contribution >= 4 is 17.6 Å². The van der Waals surface area contributed by atoms with E-state index in [1.54, 1.807) is 21.1 Å². The Morgan fingerprint density at radius 3 is 2.44 bits per heavy atom. The average Bonchev–Trinajstić information content (AvgIpc) is 2.62. The Morgan fingerprint density at radius 2 is 1.76 bits per heavy atom. The summed E-state index contributed by atoms with van der Waals surface area (Å²) in [5.41, 5.74) is 1.82. The number of benzene rings is 2. The number of urea groups is 1. The molecule has 0 bridgehead atoms. The van der Waals surface area contributed by atoms with Crippen LogP contribution in [0.3, 0.4) is 0 Å². The van der Waals surface area contributed by atoms with Gasteiger partial charge >= 0.3 is 6.03 Å². The number of anilines is 1. The second-order valence-corrected chi connectivity index (χ2v) is 5.36. The van der Waals surface area contributed by atoms with Gasteiger partial charge in [-0.3, -0.25) is 0 Å². The van der Waals surface area contributed by atoms with E-state index >= 15 is 0 Å². The molecular formula is C19H23N3O3. The number of aliphatic imine (C=N–C) groups is 1. The molecule has 6 nitrogen and oxygen atoms in total. The normalized spacial score (nSPS) is 10.9. The Hall–Kier alpha value is -3.02. The lowest BCUT2D eigenvalue weighted by atomic mass is 10.1. The summed E-state index contributed by atoms with van der Waals surface area (Å²) in [6.45, 7) is 2.42. The predicted octanol–water partition coefficient (Wildman–Crippen LogP) is 3.49. The fourth-order valence-electron chi connectivity index (χ4n) is 2.29. The standard InChI is InChI=1S/C19H23N3O3/c1-14(21-19(23)22-16-7-5-4-6-8-16)20-12-11-15-9-10-17(24-2)18(13-15)25-3/h4-10,13H,11-12H2,1-3H3,(H2,20,21,22,23). The quantitative estimate of drug-likeness (QED) is 0.623. The highest BCUT2D eigenvalue weighted by atomic mass is 16.5. The molecule has 132 valence electrons. The van der Waals surface area contributed by atoms with Crippen LogP contribution in [0.4, 0.5) is 10.5 Å². The monoisotopic (exact) mass is 341 g/mol. The van der Waals surface area contributed by atoms with Gasteiger partial charge in [0.05, 0.1) is 14.2 Å². The molecule has 0 aliphatic carbocycles. The molecule has 2 N–H and O–H groups in total. The first-order chi connectivity index (χ1) is 12.1. The summed E-state index contributed by atoms with van der Waals surface area (Å²) in [6, 6.07) is 14.6. The second-order valence-electron chi connectivity index (χ2n) is 5.36. The molecule has 0 heterocycles. The van der Waals surface area contributed by atoms with Crippen LogP contribution in [0.5, 0.6) is 11.5 Å². The van der Waals surface area contributed by atoms with Gasteiger partial charge in [-0.15, -0.1) is 0 Å². The SMILES string of the molecule is COc1ccc(CCN/C(C)=N/C(=O)Nc2ccccc2)cc1OC. The minimum absolute atomic E-state index is 0.401. The maximum Gasteiger partial charge on any atom is 0.347 e. The maximum atomic E-state index is 11.8. The maximum absolute atomic E-state index is 11.8. The number of para-hydroxylation sites is 1. The predicted molar refractivity (Wildman–Crippen MR) is 99.8 cm³/mol. The van der Waals surface area contributed by atoms with Crippen molar-refractivity contribution in [3.8, 4) is 11.5 Å². The van der Waals surface area contributed by atoms with Gasteiger partial charge in [-0.05, 0) is 43.2 Å². The summed E-state index contributed by atoms with van der Waals surface area (Å²) in [6.07, 6.45) is 0.771. The van der Waals surface area contributed by atoms with Gasteiger partial charge in [0, 0.05) is 12.2 Å². The molecule has 0 aromatic heterocycles. The molecule has 0 saturated heterocycles. The summed E-state index contributed by atoms with van der Waals surface area (Å²) in [5, 5.41) is 5.84. The van der Waals surface area contributed by atoms with Crippen LogP contribution in [-0.2, 0) is 6.42 Å². The van der Waals surface area contributed by atoms with E-state index < -0.39 is 6.03 Å². The molecule has 0 unspecified atom stereocenters. The summed E-state index contributed by atoms with van der Waals surface area (Å²) in [4.78, 5) is 15.8. The molecule has 0 aliphatic rings. The minimum atomic E-state index is -0.401. The number of carbonyl (C=O) groups is 1. The molecule has 0 aliphatic heterocycles. The van der Waals surface area contributed by atoms with Gasteiger partial charge in [-0.1, -0.05) is 24.3 Å². The van der Waals surface area contributed by atoms with Crippen LogP contribution in [-0.4, -0.2) is 32.6 Å². The van der Waals surface area contributed by atoms with E-state index in [2.05, 4.69) is 15.6 Å². The molecule has 2 rings (SSSR count). The van der Waals surface area contributed by atoms with Gasteiger partial charge in [0.25, 0.3) is 0 Å². The molecule has 0 atom stereocenters. The zero-order valence-electron chi connectivity index (χ0n) is 14.7. The third-order valence-electron chi connectivity index (χ3n) is 3.54. The number of methoxy groups -OCH3 is 2. The average molecular weight is 341 g/mol. The fourth-order valence-corrected chi connectivity index (χ4v) is 2.29. The van der Waals surface area contributed by atoms with Crippen LogP contribution in [0, 0.1) is 0 Å². The van der Waals surface area contributed by atoms with Crippen molar-refractivity contribution in [1.29, 1.82) is 0 Å². The van der Waals surface area contributed by atoms with Gasteiger partial charge in [0.1, 0.15) is 5.84 Å². The van der Waals surface area contributed by atoms with Crippen LogP contribution in [0.2, 0.25) is 0 Å². The van der Waals surface area contributed by atoms with Crippen molar-refractivity contribution < 1.29 is 14.3 Å². The molecule has 6 heteroatoms. The molecule has 0 saturated carbocycles. The summed E-state index contributed by atoms with van der Waals surface area (Å²) in [7, 11) is 3.22. The number of nitrogens with one attached hydrogen (secondary N) is 2. The smallest absolute Gasteiger partial charge is 0.347 e. The van der Waals surface area contributed by atoms with E-state index in [9.17, 15) is 4.79 Å². The molecule has 2 aromatic carbocycles. The highest BCUT2D eigenvalue weighted by Gasteiger charge is 2.05. The van der Waals surface area contributed by atoms with E-state index in [-0.39, 0.29) is 0 Å². The minimum Gasteiger partial charge on any atom is -0.493 e. The number of hydrogen-bond acceptors (Lipinski definition) is 3. The molecule has 2 aromatic rings. The van der Waals surface area contributed by atoms with Gasteiger partial charge in [-0.25, -0.2) is 4.79 Å². The largest absolute Gasteiger partial charge is 0.493 e. The van der Waals surface area contributed by atoms with Crippen molar-refractivity contribution in [1.82, 2.24) is 5.32 Å². The van der Waals surface area contributed by atoms with Crippen LogP contribution in [0.15, 0.2) is 53.5 Å². The van der Waals surface area contributed by atoms with E-state index in [1.165, 1.54) is 0 Å². The second kappa shape index (κ2) is 9.32. The van der Waals surface area contributed by atoms with Gasteiger partial charge in [-0.2, -0.15) is 4.99 Å². The number of rotatable bonds is 6. The summed E-state index contributed by atoms with van der Waals surface area (Å²) < 4.78 is 10.5. The number of hydrogen-bond donors (Lipinski definition) is 2. The number of nitrogens with zero attached hydrogens (tertiary/aromatic N) is 1. The fraction of sp³-hybridized carbons (Fsp3) is 0.263. The number of carbonyl (C=O) groups excluding carboxylic acids is 1. The topological polar surface area (TPSA) is 72.0 Å². The van der Waals surface area contributed by atoms with Crippen LogP contribution >= 0.6 is 0 Å². The first-order valence-electron chi connectivity index (χ1n) is 7.98. The zero-order chi connectivity index (χ0) is 18.1. The third-order valence-corrected chi connectivity index (χ3v) is 3.54. The van der Waals surface area contributed by atoms with Crippen LogP contribution in [0.25, 0.3) is 0 Å². The van der Waals surface area contributed by atoms with Gasteiger partial charge < -0.3 is 20.1 Å². The summed E-state index contributed by atoms with van der Waals surface area (Å²) in [5.74, 6) is 1.97. The Kier molecular flexibility index (Phi) is 6.83. The highest BCUT2D eigenvalue weighted by molar-refractivity contribution is 5.99. The molecule has 0 fully saturated rings. The molecule has 0 radical (unpaired) electrons. The van der Waals surface area contributed by atoms with Crippen LogP contribution in [0.1, 0.15) is 12.5 Å². The highest BCUT2D eigenvalue weighted by Crippen LogP contribution is 2.27. The zero-order valence-corrected chi connectivity index (χ0v) is 14.7. The summed E-state index contributed by atoms with van der Waals surface area (Å²) >= 11 is 0. The van der Waals surface area contributed by atoms with Crippen molar-refractivity contribution in [2.24, 2.45) is 4.99 Å². The first-order valence-corrected chi connectivity index (χ1v) is 7.98. The number of amidine groups is 1. The van der Waals surface area contributed by atoms with Gasteiger partial charge in [0.2, 0.25) is 0 Å². The Bertz CT molecular complexity index is 730. The first kappa shape index (κ1) is 18.3. The Labute approximate surface area is 147 Å². The van der Waals surface area contributed by atoms with Crippen molar-refractivity contribution in [3.63, 3.8) is 0 Å². The number of amides is 2. The molecule has 25 heavy (non-hydrogen) atoms.